The maximum atomic E-state index is 12.5. The molecule has 1 aliphatic carbocycles. The summed E-state index contributed by atoms with van der Waals surface area (Å²) in [5.41, 5.74) is 1.65. The third-order valence-electron chi connectivity index (χ3n) is 4.16. The van der Waals surface area contributed by atoms with E-state index in [-0.39, 0.29) is 23.6 Å². The summed E-state index contributed by atoms with van der Waals surface area (Å²) < 4.78 is 5.67. The molecule has 0 aliphatic heterocycles. The molecule has 1 aliphatic rings. The van der Waals surface area contributed by atoms with E-state index in [1.54, 1.807) is 30.1 Å². The molecule has 3 aromatic heterocycles. The van der Waals surface area contributed by atoms with Gasteiger partial charge in [0, 0.05) is 31.6 Å². The van der Waals surface area contributed by atoms with Crippen molar-refractivity contribution in [2.45, 2.75) is 18.9 Å². The Morgan fingerprint density at radius 2 is 2.07 bits per heavy atom. The van der Waals surface area contributed by atoms with Crippen molar-refractivity contribution < 1.29 is 9.59 Å². The lowest BCUT2D eigenvalue weighted by atomic mass is 10.3. The van der Waals surface area contributed by atoms with Crippen LogP contribution < -0.4 is 21.3 Å². The van der Waals surface area contributed by atoms with Gasteiger partial charge in [-0.25, -0.2) is 4.98 Å². The third kappa shape index (κ3) is 3.28. The number of fused-ring (bicyclic) bond motifs is 1. The SMILES string of the molecule is CNC(=O)c1nscc1Nc1cc(NC)n2ncc(C(=O)NC3CC3)c2n1. The van der Waals surface area contributed by atoms with E-state index in [0.717, 1.165) is 12.8 Å². The number of hydrogen-bond acceptors (Lipinski definition) is 8. The average Bonchev–Trinajstić information content (AvgIpc) is 3.19. The Labute approximate surface area is 158 Å². The molecule has 11 heteroatoms. The number of amides is 2. The van der Waals surface area contributed by atoms with Gasteiger partial charge in [-0.15, -0.1) is 0 Å². The van der Waals surface area contributed by atoms with E-state index < -0.39 is 0 Å². The number of anilines is 3. The molecule has 0 radical (unpaired) electrons. The van der Waals surface area contributed by atoms with Gasteiger partial charge >= 0.3 is 0 Å². The number of nitrogens with zero attached hydrogens (tertiary/aromatic N) is 4. The quantitative estimate of drug-likeness (QED) is 0.502. The van der Waals surface area contributed by atoms with Gasteiger partial charge < -0.3 is 21.3 Å². The summed E-state index contributed by atoms with van der Waals surface area (Å²) in [5, 5.41) is 17.6. The van der Waals surface area contributed by atoms with Gasteiger partial charge in [0.05, 0.1) is 11.9 Å². The van der Waals surface area contributed by atoms with Crippen molar-refractivity contribution in [3.8, 4) is 0 Å². The number of carbonyl (C=O) groups excluding carboxylic acids is 2. The van der Waals surface area contributed by atoms with Crippen LogP contribution in [0, 0.1) is 0 Å². The molecule has 0 unspecified atom stereocenters. The normalized spacial score (nSPS) is 13.4. The fraction of sp³-hybridized carbons (Fsp3) is 0.312. The Bertz CT molecular complexity index is 1020. The minimum atomic E-state index is -0.289. The first kappa shape index (κ1) is 17.2. The van der Waals surface area contributed by atoms with Crippen LogP contribution in [-0.4, -0.2) is 50.9 Å². The van der Waals surface area contributed by atoms with E-state index in [4.69, 9.17) is 0 Å². The van der Waals surface area contributed by atoms with Crippen LogP contribution in [0.4, 0.5) is 17.3 Å². The van der Waals surface area contributed by atoms with Crippen molar-refractivity contribution in [3.05, 3.63) is 28.9 Å². The first-order valence-electron chi connectivity index (χ1n) is 8.41. The number of hydrogen-bond donors (Lipinski definition) is 4. The fourth-order valence-corrected chi connectivity index (χ4v) is 3.22. The van der Waals surface area contributed by atoms with E-state index in [0.29, 0.717) is 28.5 Å². The molecule has 3 aromatic rings. The standard InChI is InChI=1S/C16H18N8O2S/c1-17-12-5-11(21-10-7-27-23-13(10)16(26)18-2)22-14-9(6-19-24(12)14)15(25)20-8-3-4-8/h5-8,17H,3-4H2,1-2H3,(H,18,26)(H,20,25)(H,21,22). The van der Waals surface area contributed by atoms with Gasteiger partial charge in [0.1, 0.15) is 17.2 Å². The van der Waals surface area contributed by atoms with Crippen LogP contribution in [0.2, 0.25) is 0 Å². The summed E-state index contributed by atoms with van der Waals surface area (Å²) >= 11 is 1.17. The largest absolute Gasteiger partial charge is 0.373 e. The first-order chi connectivity index (χ1) is 13.1. The van der Waals surface area contributed by atoms with Crippen molar-refractivity contribution in [1.82, 2.24) is 29.6 Å². The lowest BCUT2D eigenvalue weighted by molar-refractivity contribution is 0.0947. The zero-order chi connectivity index (χ0) is 19.0. The van der Waals surface area contributed by atoms with Gasteiger partial charge in [0.15, 0.2) is 11.3 Å². The molecule has 27 heavy (non-hydrogen) atoms. The van der Waals surface area contributed by atoms with Gasteiger partial charge in [-0.3, -0.25) is 9.59 Å². The Hall–Kier alpha value is -3.21. The third-order valence-corrected chi connectivity index (χ3v) is 4.79. The molecular formula is C16H18N8O2S. The molecule has 0 bridgehead atoms. The maximum Gasteiger partial charge on any atom is 0.272 e. The summed E-state index contributed by atoms with van der Waals surface area (Å²) in [4.78, 5) is 28.9. The van der Waals surface area contributed by atoms with Crippen LogP contribution in [0.15, 0.2) is 17.6 Å². The minimum absolute atomic E-state index is 0.192. The Kier molecular flexibility index (Phi) is 4.36. The molecule has 4 N–H and O–H groups in total. The smallest absolute Gasteiger partial charge is 0.272 e. The fourth-order valence-electron chi connectivity index (χ4n) is 2.60. The number of aromatic nitrogens is 4. The van der Waals surface area contributed by atoms with E-state index >= 15 is 0 Å². The Balaban J connectivity index is 1.72. The van der Waals surface area contributed by atoms with Gasteiger partial charge in [0.2, 0.25) is 0 Å². The predicted octanol–water partition coefficient (Wildman–Crippen LogP) is 1.22. The van der Waals surface area contributed by atoms with Crippen LogP contribution in [-0.2, 0) is 0 Å². The van der Waals surface area contributed by atoms with Crippen molar-refractivity contribution >= 4 is 46.3 Å². The minimum Gasteiger partial charge on any atom is -0.373 e. The van der Waals surface area contributed by atoms with E-state index in [1.807, 2.05) is 0 Å². The molecule has 0 aromatic carbocycles. The molecule has 140 valence electrons. The molecule has 3 heterocycles. The van der Waals surface area contributed by atoms with Gasteiger partial charge in [-0.1, -0.05) is 0 Å². The summed E-state index contributed by atoms with van der Waals surface area (Å²) in [5.74, 6) is 0.640. The van der Waals surface area contributed by atoms with Crippen molar-refractivity contribution in [1.29, 1.82) is 0 Å². The molecule has 0 atom stereocenters. The molecule has 4 rings (SSSR count). The van der Waals surface area contributed by atoms with Crippen molar-refractivity contribution in [3.63, 3.8) is 0 Å². The summed E-state index contributed by atoms with van der Waals surface area (Å²) in [6.45, 7) is 0. The highest BCUT2D eigenvalue weighted by Gasteiger charge is 2.26. The second-order valence-electron chi connectivity index (χ2n) is 6.10. The van der Waals surface area contributed by atoms with Crippen LogP contribution in [0.3, 0.4) is 0 Å². The zero-order valence-corrected chi connectivity index (χ0v) is 15.6. The van der Waals surface area contributed by atoms with Gasteiger partial charge in [0.25, 0.3) is 11.8 Å². The second kappa shape index (κ2) is 6.83. The maximum absolute atomic E-state index is 12.5. The Morgan fingerprint density at radius 1 is 1.26 bits per heavy atom. The second-order valence-corrected chi connectivity index (χ2v) is 6.73. The number of carbonyl (C=O) groups is 2. The lowest BCUT2D eigenvalue weighted by Gasteiger charge is -2.10. The zero-order valence-electron chi connectivity index (χ0n) is 14.7. The molecule has 10 nitrogen and oxygen atoms in total. The highest BCUT2D eigenvalue weighted by molar-refractivity contribution is 7.04. The number of rotatable bonds is 6. The van der Waals surface area contributed by atoms with E-state index in [2.05, 4.69) is 35.7 Å². The van der Waals surface area contributed by atoms with Crippen molar-refractivity contribution in [2.24, 2.45) is 0 Å². The molecular weight excluding hydrogens is 368 g/mol. The van der Waals surface area contributed by atoms with Crippen LogP contribution in [0.5, 0.6) is 0 Å². The molecule has 1 saturated carbocycles. The topological polar surface area (TPSA) is 125 Å². The van der Waals surface area contributed by atoms with Crippen molar-refractivity contribution in [2.75, 3.05) is 24.7 Å². The molecule has 0 saturated heterocycles. The number of nitrogens with one attached hydrogen (secondary N) is 4. The highest BCUT2D eigenvalue weighted by atomic mass is 32.1. The lowest BCUT2D eigenvalue weighted by Crippen LogP contribution is -2.25. The van der Waals surface area contributed by atoms with Gasteiger partial charge in [-0.2, -0.15) is 14.0 Å². The Morgan fingerprint density at radius 3 is 2.78 bits per heavy atom. The van der Waals surface area contributed by atoms with Crippen LogP contribution in [0.25, 0.3) is 5.65 Å². The highest BCUT2D eigenvalue weighted by Crippen LogP contribution is 2.25. The predicted molar refractivity (Wildman–Crippen MR) is 102 cm³/mol. The first-order valence-corrected chi connectivity index (χ1v) is 9.25. The van der Waals surface area contributed by atoms with Gasteiger partial charge in [-0.05, 0) is 24.4 Å². The summed E-state index contributed by atoms with van der Waals surface area (Å²) in [6, 6.07) is 1.98. The van der Waals surface area contributed by atoms with E-state index in [1.165, 1.54) is 17.7 Å². The van der Waals surface area contributed by atoms with Crippen LogP contribution >= 0.6 is 11.5 Å². The molecule has 1 fully saturated rings. The summed E-state index contributed by atoms with van der Waals surface area (Å²) in [6.07, 6.45) is 3.51. The molecule has 0 spiro atoms. The monoisotopic (exact) mass is 386 g/mol. The van der Waals surface area contributed by atoms with E-state index in [9.17, 15) is 9.59 Å². The summed E-state index contributed by atoms with van der Waals surface area (Å²) in [7, 11) is 3.30. The molecule has 2 amide bonds. The average molecular weight is 386 g/mol. The van der Waals surface area contributed by atoms with Crippen LogP contribution in [0.1, 0.15) is 33.7 Å².